The highest BCUT2D eigenvalue weighted by atomic mass is 32.2. The molecule has 12 heteroatoms. The Kier molecular flexibility index (Phi) is 8.17. The van der Waals surface area contributed by atoms with E-state index in [1.165, 1.54) is 36.0 Å². The van der Waals surface area contributed by atoms with E-state index in [1.807, 2.05) is 37.3 Å². The molecule has 2 heterocycles. The fourth-order valence-corrected chi connectivity index (χ4v) is 5.95. The molecule has 0 aliphatic carbocycles. The highest BCUT2D eigenvalue weighted by Crippen LogP contribution is 2.26. The van der Waals surface area contributed by atoms with Gasteiger partial charge in [0.25, 0.3) is 10.0 Å². The summed E-state index contributed by atoms with van der Waals surface area (Å²) in [5.41, 5.74) is 3.79. The first kappa shape index (κ1) is 26.3. The fourth-order valence-electron chi connectivity index (χ4n) is 3.21. The molecule has 1 amide bonds. The Morgan fingerprint density at radius 2 is 1.76 bits per heavy atom. The van der Waals surface area contributed by atoms with Crippen LogP contribution in [0.2, 0.25) is 0 Å². The zero-order chi connectivity index (χ0) is 26.4. The number of hydrogen-bond acceptors (Lipinski definition) is 9. The summed E-state index contributed by atoms with van der Waals surface area (Å²) in [5.74, 6) is 0.182. The van der Waals surface area contributed by atoms with E-state index in [2.05, 4.69) is 31.3 Å². The minimum absolute atomic E-state index is 0.0393. The van der Waals surface area contributed by atoms with Crippen LogP contribution in [-0.4, -0.2) is 35.3 Å². The van der Waals surface area contributed by atoms with Crippen molar-refractivity contribution in [1.82, 2.24) is 15.2 Å². The highest BCUT2D eigenvalue weighted by Gasteiger charge is 2.17. The lowest BCUT2D eigenvalue weighted by molar-refractivity contribution is -0.115. The van der Waals surface area contributed by atoms with Gasteiger partial charge in [-0.15, -0.1) is 22.0 Å². The molecule has 188 valence electrons. The second kappa shape index (κ2) is 11.5. The summed E-state index contributed by atoms with van der Waals surface area (Å²) in [6, 6.07) is 19.5. The third-order valence-electron chi connectivity index (χ3n) is 5.09. The molecule has 2 aromatic heterocycles. The SMILES string of the molecule is Cc1ccc(-c2ccc(C#N)c(SCCC(=O)Nc3ccc(S(=O)(=O)Nc4nnc(C)s4)cc3)n2)cc1. The Morgan fingerprint density at radius 3 is 2.41 bits per heavy atom. The lowest BCUT2D eigenvalue weighted by atomic mass is 10.1. The number of pyridine rings is 1. The molecule has 0 radical (unpaired) electrons. The predicted molar refractivity (Wildman–Crippen MR) is 145 cm³/mol. The van der Waals surface area contributed by atoms with E-state index < -0.39 is 10.0 Å². The van der Waals surface area contributed by atoms with Gasteiger partial charge < -0.3 is 5.32 Å². The molecule has 0 saturated heterocycles. The Labute approximate surface area is 223 Å². The van der Waals surface area contributed by atoms with Gasteiger partial charge in [-0.1, -0.05) is 41.2 Å². The van der Waals surface area contributed by atoms with Crippen molar-refractivity contribution in [2.75, 3.05) is 15.8 Å². The standard InChI is InChI=1S/C25H22N6O3S3/c1-16-3-5-18(6-4-16)22-12-7-19(15-26)24(28-22)35-14-13-23(32)27-20-8-10-21(11-9-20)37(33,34)31-25-30-29-17(2)36-25/h3-12H,13-14H2,1-2H3,(H,27,32)(H,30,31). The smallest absolute Gasteiger partial charge is 0.263 e. The van der Waals surface area contributed by atoms with Crippen LogP contribution in [0.3, 0.4) is 0 Å². The summed E-state index contributed by atoms with van der Waals surface area (Å²) in [5, 5.41) is 21.2. The molecule has 0 unspecified atom stereocenters. The summed E-state index contributed by atoms with van der Waals surface area (Å²) >= 11 is 2.47. The lowest BCUT2D eigenvalue weighted by Gasteiger charge is -2.09. The number of nitriles is 1. The van der Waals surface area contributed by atoms with Crippen LogP contribution in [-0.2, 0) is 14.8 Å². The molecule has 2 N–H and O–H groups in total. The Morgan fingerprint density at radius 1 is 1.03 bits per heavy atom. The number of nitrogens with one attached hydrogen (secondary N) is 2. The first-order chi connectivity index (χ1) is 17.7. The molecule has 0 atom stereocenters. The number of sulfonamides is 1. The van der Waals surface area contributed by atoms with Gasteiger partial charge in [0.05, 0.1) is 16.2 Å². The van der Waals surface area contributed by atoms with Crippen molar-refractivity contribution >= 4 is 49.8 Å². The normalized spacial score (nSPS) is 11.1. The number of thioether (sulfide) groups is 1. The molecule has 37 heavy (non-hydrogen) atoms. The maximum Gasteiger partial charge on any atom is 0.263 e. The van der Waals surface area contributed by atoms with Crippen LogP contribution < -0.4 is 10.0 Å². The number of nitrogens with zero attached hydrogens (tertiary/aromatic N) is 4. The van der Waals surface area contributed by atoms with Crippen molar-refractivity contribution in [2.24, 2.45) is 0 Å². The predicted octanol–water partition coefficient (Wildman–Crippen LogP) is 5.01. The molecular weight excluding hydrogens is 529 g/mol. The molecular formula is C25H22N6O3S3. The first-order valence-electron chi connectivity index (χ1n) is 11.1. The van der Waals surface area contributed by atoms with Crippen LogP contribution in [0.4, 0.5) is 10.8 Å². The molecule has 4 rings (SSSR count). The summed E-state index contributed by atoms with van der Waals surface area (Å²) < 4.78 is 27.4. The number of anilines is 2. The molecule has 0 spiro atoms. The zero-order valence-electron chi connectivity index (χ0n) is 19.9. The average Bonchev–Trinajstić information content (AvgIpc) is 3.28. The zero-order valence-corrected chi connectivity index (χ0v) is 22.4. The van der Waals surface area contributed by atoms with Crippen molar-refractivity contribution in [3.8, 4) is 17.3 Å². The number of aryl methyl sites for hydroxylation is 2. The number of hydrogen-bond donors (Lipinski definition) is 2. The maximum atomic E-state index is 12.5. The third-order valence-corrected chi connectivity index (χ3v) is 8.32. The van der Waals surface area contributed by atoms with Crippen LogP contribution >= 0.6 is 23.1 Å². The van der Waals surface area contributed by atoms with Gasteiger partial charge in [-0.3, -0.25) is 9.52 Å². The number of aromatic nitrogens is 3. The number of benzene rings is 2. The van der Waals surface area contributed by atoms with Crippen molar-refractivity contribution in [2.45, 2.75) is 30.2 Å². The van der Waals surface area contributed by atoms with Gasteiger partial charge in [-0.2, -0.15) is 5.26 Å². The molecule has 0 fully saturated rings. The first-order valence-corrected chi connectivity index (χ1v) is 14.4. The summed E-state index contributed by atoms with van der Waals surface area (Å²) in [6.45, 7) is 3.74. The van der Waals surface area contributed by atoms with Gasteiger partial charge in [0.2, 0.25) is 11.0 Å². The van der Waals surface area contributed by atoms with E-state index >= 15 is 0 Å². The van der Waals surface area contributed by atoms with E-state index in [0.717, 1.165) is 28.2 Å². The van der Waals surface area contributed by atoms with E-state index in [4.69, 9.17) is 0 Å². The van der Waals surface area contributed by atoms with Crippen LogP contribution in [0, 0.1) is 25.2 Å². The molecule has 0 saturated carbocycles. The third kappa shape index (κ3) is 6.91. The van der Waals surface area contributed by atoms with Crippen molar-refractivity contribution in [3.63, 3.8) is 0 Å². The lowest BCUT2D eigenvalue weighted by Crippen LogP contribution is -2.14. The van der Waals surface area contributed by atoms with Crippen molar-refractivity contribution in [1.29, 1.82) is 5.26 Å². The summed E-state index contributed by atoms with van der Waals surface area (Å²) in [6.07, 6.45) is 0.185. The minimum Gasteiger partial charge on any atom is -0.326 e. The average molecular weight is 551 g/mol. The summed E-state index contributed by atoms with van der Waals surface area (Å²) in [7, 11) is -3.81. The Balaban J connectivity index is 1.33. The highest BCUT2D eigenvalue weighted by molar-refractivity contribution is 7.99. The number of carbonyl (C=O) groups is 1. The minimum atomic E-state index is -3.81. The van der Waals surface area contributed by atoms with Gasteiger partial charge in [-0.05, 0) is 50.2 Å². The summed E-state index contributed by atoms with van der Waals surface area (Å²) in [4.78, 5) is 17.1. The number of rotatable bonds is 9. The molecule has 0 aliphatic rings. The van der Waals surface area contributed by atoms with Gasteiger partial charge >= 0.3 is 0 Å². The Bertz CT molecular complexity index is 1560. The number of amides is 1. The second-order valence-corrected chi connectivity index (χ2v) is 11.9. The van der Waals surface area contributed by atoms with Gasteiger partial charge in [0, 0.05) is 23.4 Å². The van der Waals surface area contributed by atoms with E-state index in [1.54, 1.807) is 13.0 Å². The molecule has 9 nitrogen and oxygen atoms in total. The fraction of sp³-hybridized carbons (Fsp3) is 0.160. The van der Waals surface area contributed by atoms with Crippen LogP contribution in [0.5, 0.6) is 0 Å². The number of carbonyl (C=O) groups excluding carboxylic acids is 1. The Hall–Kier alpha value is -3.79. The van der Waals surface area contributed by atoms with Gasteiger partial charge in [0.15, 0.2) is 0 Å². The maximum absolute atomic E-state index is 12.5. The van der Waals surface area contributed by atoms with E-state index in [0.29, 0.717) is 27.0 Å². The second-order valence-electron chi connectivity index (χ2n) is 7.93. The molecule has 4 aromatic rings. The van der Waals surface area contributed by atoms with Crippen LogP contribution in [0.1, 0.15) is 22.6 Å². The van der Waals surface area contributed by atoms with Crippen LogP contribution in [0.15, 0.2) is 70.6 Å². The van der Waals surface area contributed by atoms with E-state index in [9.17, 15) is 18.5 Å². The molecule has 2 aromatic carbocycles. The van der Waals surface area contributed by atoms with Crippen molar-refractivity contribution < 1.29 is 13.2 Å². The van der Waals surface area contributed by atoms with Crippen molar-refractivity contribution in [3.05, 3.63) is 76.8 Å². The van der Waals surface area contributed by atoms with Gasteiger partial charge in [0.1, 0.15) is 16.1 Å². The largest absolute Gasteiger partial charge is 0.326 e. The molecule has 0 aliphatic heterocycles. The monoisotopic (exact) mass is 550 g/mol. The topological polar surface area (TPSA) is 138 Å². The quantitative estimate of drug-likeness (QED) is 0.277. The van der Waals surface area contributed by atoms with E-state index in [-0.39, 0.29) is 22.4 Å². The van der Waals surface area contributed by atoms with Crippen LogP contribution in [0.25, 0.3) is 11.3 Å². The van der Waals surface area contributed by atoms with Gasteiger partial charge in [-0.25, -0.2) is 13.4 Å². The molecule has 0 bridgehead atoms.